The Balaban J connectivity index is 1.97. The van der Waals surface area contributed by atoms with Crippen molar-refractivity contribution in [2.24, 2.45) is 11.8 Å². The molecule has 2 aliphatic rings. The van der Waals surface area contributed by atoms with Gasteiger partial charge in [-0.2, -0.15) is 0 Å². The van der Waals surface area contributed by atoms with Crippen LogP contribution in [0.25, 0.3) is 0 Å². The van der Waals surface area contributed by atoms with Gasteiger partial charge >= 0.3 is 0 Å². The van der Waals surface area contributed by atoms with Crippen LogP contribution < -0.4 is 0 Å². The van der Waals surface area contributed by atoms with Crippen molar-refractivity contribution >= 4 is 28.8 Å². The lowest BCUT2D eigenvalue weighted by Gasteiger charge is -2.16. The lowest BCUT2D eigenvalue weighted by Crippen LogP contribution is -2.29. The number of hydrogen-bond acceptors (Lipinski definition) is 2. The molecule has 4 heteroatoms. The molecule has 0 saturated carbocycles. The molecule has 2 unspecified atom stereocenters. The van der Waals surface area contributed by atoms with Crippen molar-refractivity contribution in [3.8, 4) is 0 Å². The van der Waals surface area contributed by atoms with Crippen LogP contribution in [0.2, 0.25) is 0 Å². The van der Waals surface area contributed by atoms with Gasteiger partial charge in [0.05, 0.1) is 0 Å². The van der Waals surface area contributed by atoms with Gasteiger partial charge in [0.15, 0.2) is 0 Å². The Labute approximate surface area is 92.3 Å². The molecule has 3 nitrogen and oxygen atoms in total. The Kier molecular flexibility index (Phi) is 2.60. The highest BCUT2D eigenvalue weighted by molar-refractivity contribution is 14.1. The third-order valence-corrected chi connectivity index (χ3v) is 3.72. The number of carbonyl (C=O) groups is 1. The van der Waals surface area contributed by atoms with E-state index in [-0.39, 0.29) is 5.91 Å². The molecule has 0 aliphatic carbocycles. The van der Waals surface area contributed by atoms with E-state index in [1.165, 1.54) is 6.08 Å². The Morgan fingerprint density at radius 1 is 1.31 bits per heavy atom. The molecule has 2 saturated heterocycles. The summed E-state index contributed by atoms with van der Waals surface area (Å²) in [5.41, 5.74) is 0. The number of likely N-dealkylation sites (tertiary alicyclic amines) is 1. The van der Waals surface area contributed by atoms with Gasteiger partial charge in [-0.05, 0) is 17.9 Å². The summed E-state index contributed by atoms with van der Waals surface area (Å²) < 4.78 is 2.32. The first-order chi connectivity index (χ1) is 6.20. The van der Waals surface area contributed by atoms with Crippen LogP contribution in [0.3, 0.4) is 0 Å². The van der Waals surface area contributed by atoms with Crippen molar-refractivity contribution in [1.29, 1.82) is 0 Å². The molecule has 0 N–H and O–H groups in total. The number of carbonyl (C=O) groups excluding carboxylic acids is 1. The average molecular weight is 292 g/mol. The highest BCUT2D eigenvalue weighted by atomic mass is 127. The summed E-state index contributed by atoms with van der Waals surface area (Å²) in [5, 5.41) is 0. The highest BCUT2D eigenvalue weighted by Crippen LogP contribution is 2.32. The van der Waals surface area contributed by atoms with Gasteiger partial charge in [0.1, 0.15) is 0 Å². The first-order valence-electron chi connectivity index (χ1n) is 4.52. The van der Waals surface area contributed by atoms with E-state index in [1.807, 2.05) is 4.90 Å². The van der Waals surface area contributed by atoms with Crippen LogP contribution in [0, 0.1) is 11.8 Å². The molecular weight excluding hydrogens is 279 g/mol. The van der Waals surface area contributed by atoms with Crippen molar-refractivity contribution in [2.45, 2.75) is 0 Å². The van der Waals surface area contributed by atoms with Crippen LogP contribution in [-0.4, -0.2) is 40.1 Å². The Morgan fingerprint density at radius 2 is 1.85 bits per heavy atom. The zero-order chi connectivity index (χ0) is 9.42. The summed E-state index contributed by atoms with van der Waals surface area (Å²) in [5.74, 6) is 1.48. The van der Waals surface area contributed by atoms with Crippen LogP contribution >= 0.6 is 22.9 Å². The predicted molar refractivity (Wildman–Crippen MR) is 59.4 cm³/mol. The molecule has 13 heavy (non-hydrogen) atoms. The van der Waals surface area contributed by atoms with Gasteiger partial charge in [0.25, 0.3) is 0 Å². The average Bonchev–Trinajstić information content (AvgIpc) is 2.59. The normalized spacial score (nSPS) is 33.5. The molecule has 0 aromatic carbocycles. The third-order valence-electron chi connectivity index (χ3n) is 2.93. The zero-order valence-electron chi connectivity index (χ0n) is 7.45. The molecule has 0 aromatic rings. The van der Waals surface area contributed by atoms with Crippen molar-refractivity contribution in [2.75, 3.05) is 26.2 Å². The van der Waals surface area contributed by atoms with Gasteiger partial charge in [-0.25, -0.2) is 3.11 Å². The monoisotopic (exact) mass is 292 g/mol. The quantitative estimate of drug-likeness (QED) is 0.407. The number of halogens is 1. The van der Waals surface area contributed by atoms with E-state index < -0.39 is 0 Å². The van der Waals surface area contributed by atoms with Crippen molar-refractivity contribution < 1.29 is 4.79 Å². The SMILES string of the molecule is C=CC(=O)N1CC2CN(I)CC2C1. The molecule has 0 bridgehead atoms. The van der Waals surface area contributed by atoms with Gasteiger partial charge in [0, 0.05) is 49.0 Å². The van der Waals surface area contributed by atoms with Gasteiger partial charge in [-0.1, -0.05) is 6.58 Å². The number of rotatable bonds is 1. The van der Waals surface area contributed by atoms with Crippen LogP contribution in [-0.2, 0) is 4.79 Å². The Hall–Kier alpha value is -0.100. The fourth-order valence-corrected chi connectivity index (χ4v) is 3.26. The molecule has 2 heterocycles. The number of amides is 1. The van der Waals surface area contributed by atoms with Crippen LogP contribution in [0.1, 0.15) is 0 Å². The maximum Gasteiger partial charge on any atom is 0.245 e. The maximum absolute atomic E-state index is 11.3. The van der Waals surface area contributed by atoms with E-state index in [0.717, 1.165) is 26.2 Å². The van der Waals surface area contributed by atoms with E-state index in [9.17, 15) is 4.79 Å². The second kappa shape index (κ2) is 3.57. The summed E-state index contributed by atoms with van der Waals surface area (Å²) in [6, 6.07) is 0. The molecule has 1 amide bonds. The van der Waals surface area contributed by atoms with Crippen molar-refractivity contribution in [3.05, 3.63) is 12.7 Å². The van der Waals surface area contributed by atoms with Crippen LogP contribution in [0.5, 0.6) is 0 Å². The molecular formula is C9H13IN2O. The van der Waals surface area contributed by atoms with E-state index in [1.54, 1.807) is 0 Å². The first-order valence-corrected chi connectivity index (χ1v) is 5.49. The molecule has 0 radical (unpaired) electrons. The highest BCUT2D eigenvalue weighted by Gasteiger charge is 2.40. The summed E-state index contributed by atoms with van der Waals surface area (Å²) >= 11 is 2.36. The first kappa shape index (κ1) is 9.45. The van der Waals surface area contributed by atoms with Gasteiger partial charge in [0.2, 0.25) is 5.91 Å². The summed E-state index contributed by atoms with van der Waals surface area (Å²) in [7, 11) is 0. The standard InChI is InChI=1S/C9H13IN2O/c1-2-9(13)11-3-7-5-12(10)6-8(7)4-11/h2,7-8H,1,3-6H2. The largest absolute Gasteiger partial charge is 0.339 e. The second-order valence-corrected chi connectivity index (χ2v) is 5.16. The number of nitrogens with zero attached hydrogens (tertiary/aromatic N) is 2. The van der Waals surface area contributed by atoms with Crippen LogP contribution in [0.4, 0.5) is 0 Å². The fraction of sp³-hybridized carbons (Fsp3) is 0.667. The lowest BCUT2D eigenvalue weighted by atomic mass is 10.0. The topological polar surface area (TPSA) is 23.6 Å². The molecule has 2 aliphatic heterocycles. The maximum atomic E-state index is 11.3. The fourth-order valence-electron chi connectivity index (χ4n) is 2.24. The lowest BCUT2D eigenvalue weighted by molar-refractivity contribution is -0.125. The third kappa shape index (κ3) is 1.74. The molecule has 0 spiro atoms. The molecule has 72 valence electrons. The minimum absolute atomic E-state index is 0.0920. The Morgan fingerprint density at radius 3 is 2.31 bits per heavy atom. The predicted octanol–water partition coefficient (Wildman–Crippen LogP) is 0.913. The molecule has 2 atom stereocenters. The minimum Gasteiger partial charge on any atom is -0.339 e. The van der Waals surface area contributed by atoms with Gasteiger partial charge in [-0.3, -0.25) is 4.79 Å². The van der Waals surface area contributed by atoms with E-state index in [0.29, 0.717) is 11.8 Å². The minimum atomic E-state index is 0.0920. The molecule has 2 fully saturated rings. The van der Waals surface area contributed by atoms with E-state index in [4.69, 9.17) is 0 Å². The number of hydrogen-bond donors (Lipinski definition) is 0. The van der Waals surface area contributed by atoms with E-state index >= 15 is 0 Å². The van der Waals surface area contributed by atoms with Crippen molar-refractivity contribution in [3.63, 3.8) is 0 Å². The molecule has 0 aromatic heterocycles. The van der Waals surface area contributed by atoms with E-state index in [2.05, 4.69) is 32.6 Å². The smallest absolute Gasteiger partial charge is 0.245 e. The van der Waals surface area contributed by atoms with Crippen LogP contribution in [0.15, 0.2) is 12.7 Å². The zero-order valence-corrected chi connectivity index (χ0v) is 9.61. The summed E-state index contributed by atoms with van der Waals surface area (Å²) in [6.45, 7) is 7.62. The van der Waals surface area contributed by atoms with Gasteiger partial charge < -0.3 is 4.90 Å². The number of fused-ring (bicyclic) bond motifs is 1. The van der Waals surface area contributed by atoms with Crippen molar-refractivity contribution in [1.82, 2.24) is 8.01 Å². The summed E-state index contributed by atoms with van der Waals surface area (Å²) in [6.07, 6.45) is 1.42. The second-order valence-electron chi connectivity index (χ2n) is 3.80. The molecule has 2 rings (SSSR count). The summed E-state index contributed by atoms with van der Waals surface area (Å²) in [4.78, 5) is 13.2. The Bertz CT molecular complexity index is 230. The van der Waals surface area contributed by atoms with Gasteiger partial charge in [-0.15, -0.1) is 0 Å².